The smallest absolute Gasteiger partial charge is 0.266 e. The summed E-state index contributed by atoms with van der Waals surface area (Å²) in [7, 11) is 0. The van der Waals surface area contributed by atoms with Gasteiger partial charge in [-0.1, -0.05) is 47.6 Å². The van der Waals surface area contributed by atoms with E-state index in [0.29, 0.717) is 16.5 Å². The van der Waals surface area contributed by atoms with Crippen molar-refractivity contribution in [2.24, 2.45) is 5.73 Å². The lowest BCUT2D eigenvalue weighted by atomic mass is 10.1. The average Bonchev–Trinajstić information content (AvgIpc) is 2.75. The lowest BCUT2D eigenvalue weighted by molar-refractivity contribution is -0.117. The van der Waals surface area contributed by atoms with Gasteiger partial charge in [0.15, 0.2) is 5.16 Å². The van der Waals surface area contributed by atoms with Crippen molar-refractivity contribution >= 4 is 40.2 Å². The number of carbonyl (C=O) groups is 1. The molecule has 31 heavy (non-hydrogen) atoms. The Morgan fingerprint density at radius 1 is 1.06 bits per heavy atom. The van der Waals surface area contributed by atoms with E-state index in [1.807, 2.05) is 0 Å². The summed E-state index contributed by atoms with van der Waals surface area (Å²) in [6.45, 7) is 0. The van der Waals surface area contributed by atoms with Crippen molar-refractivity contribution in [1.29, 1.82) is 0 Å². The summed E-state index contributed by atoms with van der Waals surface area (Å²) in [4.78, 5) is 30.0. The van der Waals surface area contributed by atoms with Crippen LogP contribution in [0.1, 0.15) is 10.8 Å². The van der Waals surface area contributed by atoms with Crippen molar-refractivity contribution in [2.45, 2.75) is 10.4 Å². The van der Waals surface area contributed by atoms with E-state index < -0.39 is 28.4 Å². The van der Waals surface area contributed by atoms with E-state index in [-0.39, 0.29) is 15.9 Å². The molecule has 0 aliphatic rings. The monoisotopic (exact) mass is 457 g/mol. The zero-order valence-electron chi connectivity index (χ0n) is 15.8. The summed E-state index contributed by atoms with van der Waals surface area (Å²) in [6, 6.07) is 15.9. The quantitative estimate of drug-likeness (QED) is 0.350. The Labute approximate surface area is 184 Å². The largest absolute Gasteiger partial charge is 0.368 e. The Morgan fingerprint density at radius 3 is 2.45 bits per heavy atom. The number of aromatic nitrogens is 2. The molecule has 0 aliphatic heterocycles. The van der Waals surface area contributed by atoms with Gasteiger partial charge in [-0.05, 0) is 48.0 Å². The van der Waals surface area contributed by atoms with E-state index >= 15 is 0 Å². The molecule has 0 bridgehead atoms. The highest BCUT2D eigenvalue weighted by molar-refractivity contribution is 8.00. The molecule has 4 aromatic rings. The van der Waals surface area contributed by atoms with Crippen LogP contribution in [0.2, 0.25) is 5.02 Å². The molecule has 156 valence electrons. The van der Waals surface area contributed by atoms with Crippen LogP contribution < -0.4 is 11.3 Å². The van der Waals surface area contributed by atoms with E-state index in [2.05, 4.69) is 4.98 Å². The molecule has 9 heteroatoms. The van der Waals surface area contributed by atoms with Crippen LogP contribution >= 0.6 is 23.4 Å². The molecule has 5 nitrogen and oxygen atoms in total. The fraction of sp³-hybridized carbons (Fsp3) is 0.0455. The van der Waals surface area contributed by atoms with Crippen molar-refractivity contribution < 1.29 is 13.6 Å². The third-order valence-corrected chi connectivity index (χ3v) is 6.08. The van der Waals surface area contributed by atoms with Crippen LogP contribution in [0.25, 0.3) is 16.6 Å². The van der Waals surface area contributed by atoms with Crippen LogP contribution in [-0.2, 0) is 4.79 Å². The molecule has 4 rings (SSSR count). The summed E-state index contributed by atoms with van der Waals surface area (Å²) in [5, 5.41) is -0.626. The van der Waals surface area contributed by atoms with Gasteiger partial charge in [0.25, 0.3) is 5.56 Å². The first-order chi connectivity index (χ1) is 14.8. The molecule has 0 aliphatic carbocycles. The number of halogens is 3. The lowest BCUT2D eigenvalue weighted by Gasteiger charge is -2.18. The number of benzene rings is 3. The number of fused-ring (bicyclic) bond motifs is 1. The van der Waals surface area contributed by atoms with E-state index in [4.69, 9.17) is 17.3 Å². The van der Waals surface area contributed by atoms with Crippen LogP contribution in [0.4, 0.5) is 8.78 Å². The van der Waals surface area contributed by atoms with Crippen LogP contribution in [0.15, 0.2) is 76.7 Å². The number of carbonyl (C=O) groups excluding carboxylic acids is 1. The minimum atomic E-state index is -0.948. The molecule has 1 amide bonds. The van der Waals surface area contributed by atoms with Gasteiger partial charge in [-0.2, -0.15) is 0 Å². The van der Waals surface area contributed by atoms with Gasteiger partial charge < -0.3 is 5.73 Å². The summed E-state index contributed by atoms with van der Waals surface area (Å²) in [5.74, 6) is -1.79. The number of nitrogens with two attached hydrogens (primary N) is 1. The summed E-state index contributed by atoms with van der Waals surface area (Å²) in [5.41, 5.74) is 6.32. The molecule has 3 aromatic carbocycles. The van der Waals surface area contributed by atoms with Crippen LogP contribution in [-0.4, -0.2) is 15.5 Å². The third kappa shape index (κ3) is 4.17. The second-order valence-electron chi connectivity index (χ2n) is 6.60. The first-order valence-corrected chi connectivity index (χ1v) is 10.3. The first kappa shape index (κ1) is 21.0. The fourth-order valence-electron chi connectivity index (χ4n) is 3.08. The van der Waals surface area contributed by atoms with Gasteiger partial charge in [-0.3, -0.25) is 14.2 Å². The average molecular weight is 458 g/mol. The molecule has 1 atom stereocenters. The van der Waals surface area contributed by atoms with Crippen molar-refractivity contribution in [3.63, 3.8) is 0 Å². The molecule has 0 saturated carbocycles. The first-order valence-electron chi connectivity index (χ1n) is 9.04. The highest BCUT2D eigenvalue weighted by Gasteiger charge is 2.24. The van der Waals surface area contributed by atoms with Gasteiger partial charge >= 0.3 is 0 Å². The van der Waals surface area contributed by atoms with Gasteiger partial charge in [0, 0.05) is 0 Å². The minimum Gasteiger partial charge on any atom is -0.368 e. The number of nitrogens with zero attached hydrogens (tertiary/aromatic N) is 2. The highest BCUT2D eigenvalue weighted by atomic mass is 35.5. The SMILES string of the molecule is NC(=O)[C@H](Sc1nc2ccccc2c(=O)n1-c1ccc(F)c(Cl)c1)c1ccc(F)cc1. The van der Waals surface area contributed by atoms with Crippen molar-refractivity contribution in [2.75, 3.05) is 0 Å². The number of rotatable bonds is 5. The van der Waals surface area contributed by atoms with Gasteiger partial charge in [0.2, 0.25) is 5.91 Å². The van der Waals surface area contributed by atoms with Crippen molar-refractivity contribution in [1.82, 2.24) is 9.55 Å². The summed E-state index contributed by atoms with van der Waals surface area (Å²) in [6.07, 6.45) is 0. The van der Waals surface area contributed by atoms with Gasteiger partial charge in [0.05, 0.1) is 21.6 Å². The number of hydrogen-bond donors (Lipinski definition) is 1. The zero-order chi connectivity index (χ0) is 22.1. The van der Waals surface area contributed by atoms with Gasteiger partial charge in [-0.15, -0.1) is 0 Å². The molecule has 1 aromatic heterocycles. The van der Waals surface area contributed by atoms with Crippen LogP contribution in [0, 0.1) is 11.6 Å². The Kier molecular flexibility index (Phi) is 5.75. The molecular weight excluding hydrogens is 444 g/mol. The van der Waals surface area contributed by atoms with Crippen molar-refractivity contribution in [3.8, 4) is 5.69 Å². The maximum Gasteiger partial charge on any atom is 0.266 e. The van der Waals surface area contributed by atoms with E-state index in [1.165, 1.54) is 41.0 Å². The lowest BCUT2D eigenvalue weighted by Crippen LogP contribution is -2.24. The Bertz CT molecular complexity index is 1360. The second kappa shape index (κ2) is 8.49. The number of primary amides is 1. The molecule has 1 heterocycles. The number of para-hydroxylation sites is 1. The number of thioether (sulfide) groups is 1. The topological polar surface area (TPSA) is 78.0 Å². The van der Waals surface area contributed by atoms with Crippen molar-refractivity contribution in [3.05, 3.63) is 99.3 Å². The molecule has 0 fully saturated rings. The Hall–Kier alpha value is -3.23. The highest BCUT2D eigenvalue weighted by Crippen LogP contribution is 2.35. The maximum atomic E-state index is 13.7. The fourth-order valence-corrected chi connectivity index (χ4v) is 4.32. The van der Waals surface area contributed by atoms with Gasteiger partial charge in [-0.25, -0.2) is 13.8 Å². The number of amides is 1. The maximum absolute atomic E-state index is 13.7. The van der Waals surface area contributed by atoms with E-state index in [0.717, 1.165) is 17.8 Å². The Balaban J connectivity index is 1.93. The summed E-state index contributed by atoms with van der Waals surface area (Å²) < 4.78 is 28.3. The van der Waals surface area contributed by atoms with E-state index in [9.17, 15) is 18.4 Å². The number of hydrogen-bond acceptors (Lipinski definition) is 4. The standard InChI is InChI=1S/C22H14ClF2N3O2S/c23-16-11-14(9-10-17(16)25)28-21(30)15-3-1-2-4-18(15)27-22(28)31-19(20(26)29)12-5-7-13(24)8-6-12/h1-11,19H,(H2,26,29)/t19-/m1/s1. The summed E-state index contributed by atoms with van der Waals surface area (Å²) >= 11 is 6.86. The Morgan fingerprint density at radius 2 is 1.77 bits per heavy atom. The molecule has 0 unspecified atom stereocenters. The normalized spacial score (nSPS) is 12.1. The van der Waals surface area contributed by atoms with Gasteiger partial charge in [0.1, 0.15) is 16.9 Å². The molecule has 0 radical (unpaired) electrons. The molecule has 2 N–H and O–H groups in total. The predicted molar refractivity (Wildman–Crippen MR) is 117 cm³/mol. The third-order valence-electron chi connectivity index (χ3n) is 4.56. The second-order valence-corrected chi connectivity index (χ2v) is 8.08. The predicted octanol–water partition coefficient (Wildman–Crippen LogP) is 4.64. The molecule has 0 spiro atoms. The zero-order valence-corrected chi connectivity index (χ0v) is 17.3. The van der Waals surface area contributed by atoms with Crippen LogP contribution in [0.5, 0.6) is 0 Å². The molecule has 0 saturated heterocycles. The molecular formula is C22H14ClF2N3O2S. The minimum absolute atomic E-state index is 0.152. The van der Waals surface area contributed by atoms with Crippen LogP contribution in [0.3, 0.4) is 0 Å². The van der Waals surface area contributed by atoms with E-state index in [1.54, 1.807) is 24.3 Å².